The van der Waals surface area contributed by atoms with Crippen LogP contribution in [0.4, 0.5) is 0 Å². The van der Waals surface area contributed by atoms with E-state index in [0.717, 1.165) is 38.1 Å². The van der Waals surface area contributed by atoms with Crippen molar-refractivity contribution in [2.75, 3.05) is 19.7 Å². The third kappa shape index (κ3) is 5.80. The average molecular weight is 373 g/mol. The lowest BCUT2D eigenvalue weighted by molar-refractivity contribution is -0.131. The number of amides is 1. The molecule has 0 radical (unpaired) electrons. The molecule has 2 heterocycles. The van der Waals surface area contributed by atoms with E-state index < -0.39 is 0 Å². The first-order chi connectivity index (χ1) is 13.2. The number of ether oxygens (including phenoxy) is 1. The molecule has 3 rings (SSSR count). The lowest BCUT2D eigenvalue weighted by atomic mass is 10.0. The second-order valence-corrected chi connectivity index (χ2v) is 7.77. The predicted molar refractivity (Wildman–Crippen MR) is 106 cm³/mol. The van der Waals surface area contributed by atoms with Crippen molar-refractivity contribution < 1.29 is 14.3 Å². The molecule has 1 aromatic carbocycles. The maximum atomic E-state index is 12.5. The van der Waals surface area contributed by atoms with Crippen LogP contribution in [0.25, 0.3) is 0 Å². The Balaban J connectivity index is 1.42. The largest absolute Gasteiger partial charge is 0.494 e. The third-order valence-corrected chi connectivity index (χ3v) is 5.63. The van der Waals surface area contributed by atoms with Gasteiger partial charge in [-0.3, -0.25) is 9.59 Å². The summed E-state index contributed by atoms with van der Waals surface area (Å²) in [6.07, 6.45) is 7.36. The summed E-state index contributed by atoms with van der Waals surface area (Å²) < 4.78 is 5.68. The van der Waals surface area contributed by atoms with E-state index in [0.29, 0.717) is 30.7 Å². The van der Waals surface area contributed by atoms with Gasteiger partial charge in [-0.2, -0.15) is 0 Å². The summed E-state index contributed by atoms with van der Waals surface area (Å²) in [4.78, 5) is 26.9. The van der Waals surface area contributed by atoms with E-state index in [1.54, 1.807) is 12.1 Å². The van der Waals surface area contributed by atoms with Gasteiger partial charge < -0.3 is 15.0 Å². The molecule has 0 aliphatic carbocycles. The average Bonchev–Trinajstić information content (AvgIpc) is 3.02. The molecule has 0 aromatic heterocycles. The van der Waals surface area contributed by atoms with Crippen molar-refractivity contribution in [1.82, 2.24) is 10.2 Å². The quantitative estimate of drug-likeness (QED) is 0.532. The normalized spacial score (nSPS) is 21.7. The molecule has 1 amide bonds. The number of rotatable bonds is 9. The van der Waals surface area contributed by atoms with Crippen molar-refractivity contribution in [3.05, 3.63) is 29.8 Å². The smallest absolute Gasteiger partial charge is 0.223 e. The molecular formula is C22H32N2O3. The van der Waals surface area contributed by atoms with Crippen molar-refractivity contribution in [2.24, 2.45) is 0 Å². The van der Waals surface area contributed by atoms with Crippen molar-refractivity contribution >= 4 is 11.7 Å². The van der Waals surface area contributed by atoms with E-state index in [1.807, 2.05) is 17.0 Å². The van der Waals surface area contributed by atoms with Gasteiger partial charge >= 0.3 is 0 Å². The molecule has 2 aliphatic heterocycles. The Morgan fingerprint density at radius 1 is 1.07 bits per heavy atom. The SMILES string of the molecule is CCCCCOc1ccc(C(=O)CCC(=O)N2CCC3CCC(C2)N3)cc1. The zero-order chi connectivity index (χ0) is 19.1. The molecule has 5 heteroatoms. The number of Topliss-reactive ketones (excluding diaryl/α,β-unsaturated/α-hetero) is 1. The topological polar surface area (TPSA) is 58.6 Å². The Labute approximate surface area is 162 Å². The first-order valence-electron chi connectivity index (χ1n) is 10.5. The Morgan fingerprint density at radius 3 is 2.63 bits per heavy atom. The number of ketones is 1. The van der Waals surface area contributed by atoms with Crippen LogP contribution in [-0.2, 0) is 4.79 Å². The third-order valence-electron chi connectivity index (χ3n) is 5.63. The second kappa shape index (κ2) is 9.88. The van der Waals surface area contributed by atoms with Crippen LogP contribution < -0.4 is 10.1 Å². The zero-order valence-electron chi connectivity index (χ0n) is 16.4. The lowest BCUT2D eigenvalue weighted by Gasteiger charge is -2.24. The van der Waals surface area contributed by atoms with E-state index in [9.17, 15) is 9.59 Å². The van der Waals surface area contributed by atoms with Crippen LogP contribution in [0.2, 0.25) is 0 Å². The number of hydrogen-bond acceptors (Lipinski definition) is 4. The Kier molecular flexibility index (Phi) is 7.27. The number of nitrogens with one attached hydrogen (secondary N) is 1. The summed E-state index contributed by atoms with van der Waals surface area (Å²) in [6, 6.07) is 8.29. The van der Waals surface area contributed by atoms with E-state index >= 15 is 0 Å². The van der Waals surface area contributed by atoms with Crippen LogP contribution >= 0.6 is 0 Å². The van der Waals surface area contributed by atoms with Gasteiger partial charge in [0.25, 0.3) is 0 Å². The molecule has 1 N–H and O–H groups in total. The molecular weight excluding hydrogens is 340 g/mol. The minimum atomic E-state index is 0.0235. The molecule has 1 aromatic rings. The predicted octanol–water partition coefficient (Wildman–Crippen LogP) is 3.57. The minimum Gasteiger partial charge on any atom is -0.494 e. The lowest BCUT2D eigenvalue weighted by Crippen LogP contribution is -2.39. The van der Waals surface area contributed by atoms with E-state index in [1.165, 1.54) is 19.3 Å². The fourth-order valence-corrected chi connectivity index (χ4v) is 3.97. The van der Waals surface area contributed by atoms with Crippen LogP contribution in [0.15, 0.2) is 24.3 Å². The maximum Gasteiger partial charge on any atom is 0.223 e. The molecule has 27 heavy (non-hydrogen) atoms. The fraction of sp³-hybridized carbons (Fsp3) is 0.636. The van der Waals surface area contributed by atoms with Crippen molar-refractivity contribution in [2.45, 2.75) is 70.4 Å². The van der Waals surface area contributed by atoms with Crippen molar-refractivity contribution in [3.8, 4) is 5.75 Å². The number of nitrogens with zero attached hydrogens (tertiary/aromatic N) is 1. The first-order valence-corrected chi connectivity index (χ1v) is 10.5. The Morgan fingerprint density at radius 2 is 1.85 bits per heavy atom. The highest BCUT2D eigenvalue weighted by atomic mass is 16.5. The molecule has 2 unspecified atom stereocenters. The van der Waals surface area contributed by atoms with Gasteiger partial charge in [-0.15, -0.1) is 0 Å². The highest BCUT2D eigenvalue weighted by Crippen LogP contribution is 2.21. The van der Waals surface area contributed by atoms with Crippen LogP contribution in [0.1, 0.15) is 68.6 Å². The summed E-state index contributed by atoms with van der Waals surface area (Å²) in [5.41, 5.74) is 0.653. The number of benzene rings is 1. The molecule has 5 nitrogen and oxygen atoms in total. The van der Waals surface area contributed by atoms with Crippen molar-refractivity contribution in [3.63, 3.8) is 0 Å². The van der Waals surface area contributed by atoms with Crippen molar-refractivity contribution in [1.29, 1.82) is 0 Å². The van der Waals surface area contributed by atoms with Gasteiger partial charge in [-0.1, -0.05) is 19.8 Å². The summed E-state index contributed by atoms with van der Waals surface area (Å²) >= 11 is 0. The Hall–Kier alpha value is -1.88. The monoisotopic (exact) mass is 372 g/mol. The van der Waals surface area contributed by atoms with Crippen LogP contribution in [0, 0.1) is 0 Å². The van der Waals surface area contributed by atoms with Gasteiger partial charge in [0, 0.05) is 43.6 Å². The first kappa shape index (κ1) is 19.9. The van der Waals surface area contributed by atoms with E-state index in [-0.39, 0.29) is 18.1 Å². The van der Waals surface area contributed by atoms with E-state index in [2.05, 4.69) is 12.2 Å². The van der Waals surface area contributed by atoms with Crippen LogP contribution in [0.5, 0.6) is 5.75 Å². The molecule has 2 saturated heterocycles. The molecule has 2 fully saturated rings. The van der Waals surface area contributed by atoms with Gasteiger partial charge in [0.1, 0.15) is 5.75 Å². The van der Waals surface area contributed by atoms with Gasteiger partial charge in [0.15, 0.2) is 5.78 Å². The number of likely N-dealkylation sites (tertiary alicyclic amines) is 1. The molecule has 2 atom stereocenters. The summed E-state index contributed by atoms with van der Waals surface area (Å²) in [5.74, 6) is 0.926. The molecule has 2 bridgehead atoms. The molecule has 0 saturated carbocycles. The van der Waals surface area contributed by atoms with Gasteiger partial charge in [0.05, 0.1) is 6.61 Å². The van der Waals surface area contributed by atoms with Gasteiger partial charge in [0.2, 0.25) is 5.91 Å². The highest BCUT2D eigenvalue weighted by Gasteiger charge is 2.31. The summed E-state index contributed by atoms with van der Waals surface area (Å²) in [6.45, 7) is 4.47. The molecule has 148 valence electrons. The van der Waals surface area contributed by atoms with E-state index in [4.69, 9.17) is 4.74 Å². The second-order valence-electron chi connectivity index (χ2n) is 7.77. The molecule has 0 spiro atoms. The summed E-state index contributed by atoms with van der Waals surface area (Å²) in [7, 11) is 0. The number of unbranched alkanes of at least 4 members (excludes halogenated alkanes) is 2. The number of fused-ring (bicyclic) bond motifs is 2. The summed E-state index contributed by atoms with van der Waals surface area (Å²) in [5, 5.41) is 3.58. The van der Waals surface area contributed by atoms with Gasteiger partial charge in [-0.25, -0.2) is 0 Å². The standard InChI is InChI=1S/C22H32N2O3/c1-2-3-4-15-27-20-9-5-17(6-10-20)21(25)11-12-22(26)24-14-13-18-7-8-19(16-24)23-18/h5-6,9-10,18-19,23H,2-4,7-8,11-16H2,1H3. The number of hydrogen-bond donors (Lipinski definition) is 1. The molecule has 2 aliphatic rings. The van der Waals surface area contributed by atoms with Crippen LogP contribution in [-0.4, -0.2) is 48.4 Å². The highest BCUT2D eigenvalue weighted by molar-refractivity contribution is 5.98. The fourth-order valence-electron chi connectivity index (χ4n) is 3.97. The number of carbonyl (C=O) groups is 2. The maximum absolute atomic E-state index is 12.5. The zero-order valence-corrected chi connectivity index (χ0v) is 16.4. The van der Waals surface area contributed by atoms with Crippen LogP contribution in [0.3, 0.4) is 0 Å². The van der Waals surface area contributed by atoms with Gasteiger partial charge in [-0.05, 0) is 49.9 Å². The number of carbonyl (C=O) groups excluding carboxylic acids is 2. The Bertz CT molecular complexity index is 629. The minimum absolute atomic E-state index is 0.0235.